The topological polar surface area (TPSA) is 70.2 Å². The second kappa shape index (κ2) is 7.05. The molecule has 0 radical (unpaired) electrons. The first-order chi connectivity index (χ1) is 9.70. The molecule has 2 amide bonds. The number of hydrogen-bond donors (Lipinski definition) is 3. The molecule has 3 N–H and O–H groups in total. The van der Waals surface area contributed by atoms with Gasteiger partial charge in [0.1, 0.15) is 0 Å². The molecule has 1 aromatic carbocycles. The van der Waals surface area contributed by atoms with Gasteiger partial charge in [0.2, 0.25) is 5.91 Å². The fourth-order valence-corrected chi connectivity index (χ4v) is 2.19. The van der Waals surface area contributed by atoms with Gasteiger partial charge >= 0.3 is 0 Å². The van der Waals surface area contributed by atoms with Crippen molar-refractivity contribution in [2.75, 3.05) is 25.0 Å². The van der Waals surface area contributed by atoms with Gasteiger partial charge in [-0.1, -0.05) is 6.92 Å². The van der Waals surface area contributed by atoms with Gasteiger partial charge in [-0.3, -0.25) is 9.59 Å². The highest BCUT2D eigenvalue weighted by Crippen LogP contribution is 2.23. The van der Waals surface area contributed by atoms with Crippen LogP contribution in [0.4, 0.5) is 5.69 Å². The highest BCUT2D eigenvalue weighted by atomic mass is 16.2. The highest BCUT2D eigenvalue weighted by molar-refractivity contribution is 5.97. The van der Waals surface area contributed by atoms with Crippen molar-refractivity contribution in [1.29, 1.82) is 0 Å². The lowest BCUT2D eigenvalue weighted by Gasteiger charge is -2.17. The molecule has 2 rings (SSSR count). The van der Waals surface area contributed by atoms with E-state index in [0.717, 1.165) is 30.8 Å². The van der Waals surface area contributed by atoms with E-state index in [9.17, 15) is 9.59 Å². The molecule has 1 aliphatic rings. The molecule has 1 heterocycles. The lowest BCUT2D eigenvalue weighted by molar-refractivity contribution is -0.116. The van der Waals surface area contributed by atoms with Crippen LogP contribution in [0.25, 0.3) is 0 Å². The van der Waals surface area contributed by atoms with E-state index < -0.39 is 0 Å². The van der Waals surface area contributed by atoms with E-state index in [-0.39, 0.29) is 11.8 Å². The summed E-state index contributed by atoms with van der Waals surface area (Å²) in [5, 5.41) is 8.93. The molecule has 0 atom stereocenters. The summed E-state index contributed by atoms with van der Waals surface area (Å²) in [6.07, 6.45) is 2.27. The lowest BCUT2D eigenvalue weighted by atomic mass is 10.00. The Morgan fingerprint density at radius 1 is 1.25 bits per heavy atom. The third kappa shape index (κ3) is 3.81. The van der Waals surface area contributed by atoms with Crippen LogP contribution in [0.2, 0.25) is 0 Å². The van der Waals surface area contributed by atoms with Crippen LogP contribution in [0.5, 0.6) is 0 Å². The number of hydrogen-bond acceptors (Lipinski definition) is 3. The molecule has 108 valence electrons. The van der Waals surface area contributed by atoms with Crippen LogP contribution in [-0.4, -0.2) is 31.4 Å². The number of amides is 2. The molecule has 0 aliphatic carbocycles. The lowest BCUT2D eigenvalue weighted by Crippen LogP contribution is -2.32. The van der Waals surface area contributed by atoms with Crippen molar-refractivity contribution in [3.63, 3.8) is 0 Å². The minimum Gasteiger partial charge on any atom is -0.351 e. The first kappa shape index (κ1) is 14.5. The van der Waals surface area contributed by atoms with Gasteiger partial charge in [0.15, 0.2) is 0 Å². The largest absolute Gasteiger partial charge is 0.351 e. The molecule has 5 heteroatoms. The molecule has 5 nitrogen and oxygen atoms in total. The molecule has 0 saturated heterocycles. The number of rotatable bonds is 6. The van der Waals surface area contributed by atoms with E-state index in [1.165, 1.54) is 0 Å². The van der Waals surface area contributed by atoms with E-state index in [1.54, 1.807) is 12.1 Å². The fraction of sp³-hybridized carbons (Fsp3) is 0.467. The van der Waals surface area contributed by atoms with Crippen LogP contribution < -0.4 is 16.0 Å². The first-order valence-electron chi connectivity index (χ1n) is 7.12. The van der Waals surface area contributed by atoms with Gasteiger partial charge in [-0.2, -0.15) is 0 Å². The Kier molecular flexibility index (Phi) is 5.12. The average molecular weight is 275 g/mol. The standard InChI is InChI=1S/C15H21N3O2/c1-2-7-16-8-9-17-15(20)12-3-5-13-11(10-12)4-6-14(19)18-13/h3,5,10,16H,2,4,6-9H2,1H3,(H,17,20)(H,18,19). The Bertz CT molecular complexity index is 500. The summed E-state index contributed by atoms with van der Waals surface area (Å²) in [4.78, 5) is 23.3. The van der Waals surface area contributed by atoms with Crippen LogP contribution >= 0.6 is 0 Å². The molecule has 20 heavy (non-hydrogen) atoms. The summed E-state index contributed by atoms with van der Waals surface area (Å²) in [6.45, 7) is 4.47. The zero-order valence-corrected chi connectivity index (χ0v) is 11.8. The Morgan fingerprint density at radius 2 is 2.10 bits per heavy atom. The number of nitrogens with one attached hydrogen (secondary N) is 3. The maximum absolute atomic E-state index is 12.0. The van der Waals surface area contributed by atoms with Crippen molar-refractivity contribution in [3.05, 3.63) is 29.3 Å². The Hall–Kier alpha value is -1.88. The molecular formula is C15H21N3O2. The summed E-state index contributed by atoms with van der Waals surface area (Å²) in [7, 11) is 0. The minimum absolute atomic E-state index is 0.0386. The zero-order valence-electron chi connectivity index (χ0n) is 11.8. The van der Waals surface area contributed by atoms with Gasteiger partial charge in [0.25, 0.3) is 5.91 Å². The van der Waals surface area contributed by atoms with Crippen molar-refractivity contribution in [2.24, 2.45) is 0 Å². The normalized spacial score (nSPS) is 13.6. The second-order valence-corrected chi connectivity index (χ2v) is 4.93. The number of carbonyl (C=O) groups is 2. The zero-order chi connectivity index (χ0) is 14.4. The molecule has 0 spiro atoms. The monoisotopic (exact) mass is 275 g/mol. The van der Waals surface area contributed by atoms with Crippen LogP contribution in [-0.2, 0) is 11.2 Å². The summed E-state index contributed by atoms with van der Waals surface area (Å²) >= 11 is 0. The number of aryl methyl sites for hydroxylation is 1. The van der Waals surface area contributed by atoms with Gasteiger partial charge in [-0.25, -0.2) is 0 Å². The molecule has 0 fully saturated rings. The van der Waals surface area contributed by atoms with Crippen LogP contribution in [0.15, 0.2) is 18.2 Å². The fourth-order valence-electron chi connectivity index (χ4n) is 2.19. The van der Waals surface area contributed by atoms with Crippen LogP contribution in [0.1, 0.15) is 35.7 Å². The summed E-state index contributed by atoms with van der Waals surface area (Å²) in [5.41, 5.74) is 2.50. The number of benzene rings is 1. The van der Waals surface area contributed by atoms with Crippen molar-refractivity contribution in [3.8, 4) is 0 Å². The SMILES string of the molecule is CCCNCCNC(=O)c1ccc2c(c1)CCC(=O)N2. The Labute approximate surface area is 119 Å². The number of carbonyl (C=O) groups excluding carboxylic acids is 2. The van der Waals surface area contributed by atoms with E-state index >= 15 is 0 Å². The molecule has 1 aliphatic heterocycles. The predicted octanol–water partition coefficient (Wildman–Crippen LogP) is 1.30. The maximum atomic E-state index is 12.0. The summed E-state index contributed by atoms with van der Waals surface area (Å²) in [6, 6.07) is 5.42. The second-order valence-electron chi connectivity index (χ2n) is 4.93. The van der Waals surface area contributed by atoms with Gasteiger partial charge in [-0.15, -0.1) is 0 Å². The van der Waals surface area contributed by atoms with Crippen molar-refractivity contribution < 1.29 is 9.59 Å². The minimum atomic E-state index is -0.0667. The number of anilines is 1. The summed E-state index contributed by atoms with van der Waals surface area (Å²) < 4.78 is 0. The number of fused-ring (bicyclic) bond motifs is 1. The molecule has 0 aromatic heterocycles. The summed E-state index contributed by atoms with van der Waals surface area (Å²) in [5.74, 6) is -0.0281. The van der Waals surface area contributed by atoms with Crippen molar-refractivity contribution >= 4 is 17.5 Å². The van der Waals surface area contributed by atoms with Gasteiger partial charge < -0.3 is 16.0 Å². The predicted molar refractivity (Wildman–Crippen MR) is 78.9 cm³/mol. The Morgan fingerprint density at radius 3 is 2.90 bits per heavy atom. The van der Waals surface area contributed by atoms with Crippen molar-refractivity contribution in [2.45, 2.75) is 26.2 Å². The van der Waals surface area contributed by atoms with E-state index in [2.05, 4.69) is 22.9 Å². The van der Waals surface area contributed by atoms with Gasteiger partial charge in [-0.05, 0) is 43.1 Å². The molecule has 0 bridgehead atoms. The quantitative estimate of drug-likeness (QED) is 0.685. The van der Waals surface area contributed by atoms with E-state index in [0.29, 0.717) is 24.9 Å². The molecule has 1 aromatic rings. The smallest absolute Gasteiger partial charge is 0.251 e. The van der Waals surface area contributed by atoms with E-state index in [1.807, 2.05) is 6.07 Å². The average Bonchev–Trinajstić information content (AvgIpc) is 2.46. The van der Waals surface area contributed by atoms with Gasteiger partial charge in [0.05, 0.1) is 0 Å². The molecule has 0 unspecified atom stereocenters. The molecule has 0 saturated carbocycles. The van der Waals surface area contributed by atoms with Crippen LogP contribution in [0.3, 0.4) is 0 Å². The first-order valence-corrected chi connectivity index (χ1v) is 7.12. The van der Waals surface area contributed by atoms with E-state index in [4.69, 9.17) is 0 Å². The van der Waals surface area contributed by atoms with Gasteiger partial charge in [0, 0.05) is 30.8 Å². The third-order valence-electron chi connectivity index (χ3n) is 3.28. The Balaban J connectivity index is 1.89. The van der Waals surface area contributed by atoms with Crippen LogP contribution in [0, 0.1) is 0 Å². The molecular weight excluding hydrogens is 254 g/mol. The maximum Gasteiger partial charge on any atom is 0.251 e. The third-order valence-corrected chi connectivity index (χ3v) is 3.28. The van der Waals surface area contributed by atoms with Crippen molar-refractivity contribution in [1.82, 2.24) is 10.6 Å². The highest BCUT2D eigenvalue weighted by Gasteiger charge is 2.16.